The number of hydrogen-bond acceptors (Lipinski definition) is 2. The van der Waals surface area contributed by atoms with Crippen LogP contribution in [-0.2, 0) is 9.53 Å². The molecule has 0 atom stereocenters. The summed E-state index contributed by atoms with van der Waals surface area (Å²) in [7, 11) is 0. The van der Waals surface area contributed by atoms with Gasteiger partial charge in [-0.25, -0.2) is 8.78 Å². The number of hydrogen-bond donors (Lipinski definition) is 0. The van der Waals surface area contributed by atoms with E-state index in [0.29, 0.717) is 30.6 Å². The number of benzene rings is 1. The first-order valence-electron chi connectivity index (χ1n) is 10.3. The van der Waals surface area contributed by atoms with Gasteiger partial charge in [-0.2, -0.15) is 0 Å². The Hall–Kier alpha value is -1.71. The molecule has 0 aromatic heterocycles. The van der Waals surface area contributed by atoms with Crippen molar-refractivity contribution in [3.63, 3.8) is 0 Å². The van der Waals surface area contributed by atoms with E-state index >= 15 is 0 Å². The Bertz CT molecular complexity index is 642. The van der Waals surface area contributed by atoms with Crippen molar-refractivity contribution in [2.24, 2.45) is 11.8 Å². The van der Waals surface area contributed by atoms with Gasteiger partial charge in [0.2, 0.25) is 0 Å². The van der Waals surface area contributed by atoms with Gasteiger partial charge < -0.3 is 4.74 Å². The molecular weight excluding hydrogens is 346 g/mol. The molecule has 0 bridgehead atoms. The Morgan fingerprint density at radius 1 is 1.00 bits per heavy atom. The third-order valence-electron chi connectivity index (χ3n) is 6.42. The van der Waals surface area contributed by atoms with Crippen molar-refractivity contribution in [2.75, 3.05) is 0 Å². The third-order valence-corrected chi connectivity index (χ3v) is 6.42. The minimum absolute atomic E-state index is 0.0806. The lowest BCUT2D eigenvalue weighted by atomic mass is 9.69. The van der Waals surface area contributed by atoms with Crippen LogP contribution >= 0.6 is 0 Å². The molecule has 0 aliphatic heterocycles. The summed E-state index contributed by atoms with van der Waals surface area (Å²) in [5, 5.41) is 0. The summed E-state index contributed by atoms with van der Waals surface area (Å²) in [5.41, 5.74) is 0.933. The summed E-state index contributed by atoms with van der Waals surface area (Å²) in [6, 6.07) is 4.34. The van der Waals surface area contributed by atoms with Crippen molar-refractivity contribution in [3.05, 3.63) is 48.1 Å². The Kier molecular flexibility index (Phi) is 7.03. The molecule has 0 N–H and O–H groups in total. The quantitative estimate of drug-likeness (QED) is 0.430. The van der Waals surface area contributed by atoms with E-state index < -0.39 is 11.6 Å². The van der Waals surface area contributed by atoms with Crippen molar-refractivity contribution in [2.45, 2.75) is 76.2 Å². The fourth-order valence-electron chi connectivity index (χ4n) is 4.83. The molecule has 0 radical (unpaired) electrons. The number of halogens is 2. The highest BCUT2D eigenvalue weighted by molar-refractivity contribution is 5.69. The summed E-state index contributed by atoms with van der Waals surface area (Å²) in [4.78, 5) is 11.7. The van der Waals surface area contributed by atoms with Crippen LogP contribution in [0.4, 0.5) is 8.78 Å². The molecule has 2 fully saturated rings. The van der Waals surface area contributed by atoms with Crippen molar-refractivity contribution >= 4 is 5.97 Å². The highest BCUT2D eigenvalue weighted by atomic mass is 19.2. The van der Waals surface area contributed by atoms with Gasteiger partial charge >= 0.3 is 5.97 Å². The van der Waals surface area contributed by atoms with Crippen LogP contribution in [0.25, 0.3) is 0 Å². The molecule has 2 nitrogen and oxygen atoms in total. The molecule has 2 saturated carbocycles. The van der Waals surface area contributed by atoms with Crippen molar-refractivity contribution < 1.29 is 18.3 Å². The van der Waals surface area contributed by atoms with Crippen LogP contribution in [0.2, 0.25) is 0 Å². The monoisotopic (exact) mass is 376 g/mol. The molecule has 2 aliphatic rings. The van der Waals surface area contributed by atoms with Crippen LogP contribution in [0.15, 0.2) is 30.9 Å². The predicted molar refractivity (Wildman–Crippen MR) is 102 cm³/mol. The average Bonchev–Trinajstić information content (AvgIpc) is 2.69. The molecular formula is C23H30F2O2. The highest BCUT2D eigenvalue weighted by Crippen LogP contribution is 2.43. The summed E-state index contributed by atoms with van der Waals surface area (Å²) < 4.78 is 32.2. The van der Waals surface area contributed by atoms with Gasteiger partial charge in [0.1, 0.15) is 6.10 Å². The van der Waals surface area contributed by atoms with E-state index in [-0.39, 0.29) is 12.1 Å². The Morgan fingerprint density at radius 3 is 2.22 bits per heavy atom. The minimum atomic E-state index is -0.769. The molecule has 0 heterocycles. The lowest BCUT2D eigenvalue weighted by Gasteiger charge is -2.37. The van der Waals surface area contributed by atoms with Crippen LogP contribution in [0.1, 0.15) is 75.7 Å². The third kappa shape index (κ3) is 5.40. The first kappa shape index (κ1) is 20.0. The molecule has 4 heteroatoms. The lowest BCUT2D eigenvalue weighted by molar-refractivity contribution is -0.151. The van der Waals surface area contributed by atoms with Gasteiger partial charge in [0, 0.05) is 6.42 Å². The summed E-state index contributed by atoms with van der Waals surface area (Å²) >= 11 is 0. The van der Waals surface area contributed by atoms with E-state index in [1.165, 1.54) is 12.1 Å². The summed E-state index contributed by atoms with van der Waals surface area (Å²) in [5.74, 6) is 0.150. The second-order valence-corrected chi connectivity index (χ2v) is 8.14. The fourth-order valence-corrected chi connectivity index (χ4v) is 4.83. The Morgan fingerprint density at radius 2 is 1.63 bits per heavy atom. The smallest absolute Gasteiger partial charge is 0.306 e. The van der Waals surface area contributed by atoms with Crippen molar-refractivity contribution in [1.82, 2.24) is 0 Å². The number of esters is 1. The topological polar surface area (TPSA) is 26.3 Å². The minimum Gasteiger partial charge on any atom is -0.462 e. The van der Waals surface area contributed by atoms with Crippen LogP contribution < -0.4 is 0 Å². The standard InChI is InChI=1S/C23H30F2O2/c1-2-3-4-23(26)27-20-12-9-17(10-13-20)16-5-7-18(8-6-16)19-11-14-21(24)22(25)15-19/h2,11,14-18,20H,1,3-10,12-13H2/t16-,17-,18-,20-. The van der Waals surface area contributed by atoms with Crippen LogP contribution in [0.3, 0.4) is 0 Å². The molecule has 0 spiro atoms. The van der Waals surface area contributed by atoms with Gasteiger partial charge in [-0.15, -0.1) is 6.58 Å². The van der Waals surface area contributed by atoms with Crippen molar-refractivity contribution in [3.8, 4) is 0 Å². The van der Waals surface area contributed by atoms with Gasteiger partial charge in [-0.05, 0) is 93.2 Å². The summed E-state index contributed by atoms with van der Waals surface area (Å²) in [6.07, 6.45) is 11.5. The molecule has 2 aliphatic carbocycles. The van der Waals surface area contributed by atoms with Crippen molar-refractivity contribution in [1.29, 1.82) is 0 Å². The largest absolute Gasteiger partial charge is 0.462 e. The number of carbonyl (C=O) groups excluding carboxylic acids is 1. The molecule has 3 rings (SSSR count). The SMILES string of the molecule is C=CCCC(=O)O[C@H]1CC[C@H]([C@H]2CC[C@H](c3ccc(F)c(F)c3)CC2)CC1. The zero-order chi connectivity index (χ0) is 19.2. The Labute approximate surface area is 161 Å². The van der Waals surface area contributed by atoms with Crippen LogP contribution in [0.5, 0.6) is 0 Å². The van der Waals surface area contributed by atoms with Gasteiger partial charge in [0.15, 0.2) is 11.6 Å². The molecule has 1 aromatic carbocycles. The first-order chi connectivity index (χ1) is 13.1. The first-order valence-corrected chi connectivity index (χ1v) is 10.3. The average molecular weight is 376 g/mol. The number of rotatable bonds is 6. The maximum Gasteiger partial charge on any atom is 0.306 e. The van der Waals surface area contributed by atoms with E-state index in [1.54, 1.807) is 12.1 Å². The maximum absolute atomic E-state index is 13.5. The number of carbonyl (C=O) groups is 1. The van der Waals surface area contributed by atoms with Crippen LogP contribution in [0, 0.1) is 23.5 Å². The molecule has 27 heavy (non-hydrogen) atoms. The molecule has 148 valence electrons. The van der Waals surface area contributed by atoms with E-state index in [2.05, 4.69) is 6.58 Å². The van der Waals surface area contributed by atoms with Gasteiger partial charge in [0.05, 0.1) is 0 Å². The van der Waals surface area contributed by atoms with E-state index in [4.69, 9.17) is 4.74 Å². The second kappa shape index (κ2) is 9.48. The maximum atomic E-state index is 13.5. The Balaban J connectivity index is 1.42. The normalized spacial score (nSPS) is 28.5. The number of ether oxygens (including phenoxy) is 1. The van der Waals surface area contributed by atoms with E-state index in [1.807, 2.05) is 0 Å². The zero-order valence-electron chi connectivity index (χ0n) is 16.0. The number of allylic oxidation sites excluding steroid dienone is 1. The molecule has 0 amide bonds. The molecule has 0 saturated heterocycles. The molecule has 0 unspecified atom stereocenters. The van der Waals surface area contributed by atoms with Gasteiger partial charge in [-0.3, -0.25) is 4.79 Å². The highest BCUT2D eigenvalue weighted by Gasteiger charge is 2.32. The molecule has 1 aromatic rings. The van der Waals surface area contributed by atoms with Gasteiger partial charge in [0.25, 0.3) is 0 Å². The fraction of sp³-hybridized carbons (Fsp3) is 0.609. The lowest BCUT2D eigenvalue weighted by Crippen LogP contribution is -2.29. The zero-order valence-corrected chi connectivity index (χ0v) is 16.0. The van der Waals surface area contributed by atoms with Gasteiger partial charge in [-0.1, -0.05) is 12.1 Å². The predicted octanol–water partition coefficient (Wildman–Crippen LogP) is 6.31. The summed E-state index contributed by atoms with van der Waals surface area (Å²) in [6.45, 7) is 3.63. The van der Waals surface area contributed by atoms with E-state index in [0.717, 1.165) is 56.9 Å². The van der Waals surface area contributed by atoms with E-state index in [9.17, 15) is 13.6 Å². The van der Waals surface area contributed by atoms with Crippen LogP contribution in [-0.4, -0.2) is 12.1 Å². The second-order valence-electron chi connectivity index (χ2n) is 8.14.